The van der Waals surface area contributed by atoms with Gasteiger partial charge < -0.3 is 4.74 Å². The highest BCUT2D eigenvalue weighted by Gasteiger charge is 2.24. The van der Waals surface area contributed by atoms with Crippen LogP contribution in [0.3, 0.4) is 0 Å². The Labute approximate surface area is 202 Å². The maximum Gasteiger partial charge on any atom is 0.260 e. The normalized spacial score (nSPS) is 14.7. The molecule has 4 aromatic rings. The van der Waals surface area contributed by atoms with Gasteiger partial charge >= 0.3 is 0 Å². The van der Waals surface area contributed by atoms with Gasteiger partial charge in [-0.2, -0.15) is 0 Å². The van der Waals surface area contributed by atoms with Crippen LogP contribution in [0.15, 0.2) is 54.6 Å². The van der Waals surface area contributed by atoms with Gasteiger partial charge in [-0.05, 0) is 41.8 Å². The van der Waals surface area contributed by atoms with Crippen molar-refractivity contribution >= 4 is 55.0 Å². The lowest BCUT2D eigenvalue weighted by molar-refractivity contribution is 0.0376. The molecule has 5 nitrogen and oxygen atoms in total. The molecule has 2 heterocycles. The van der Waals surface area contributed by atoms with E-state index in [0.717, 1.165) is 65.8 Å². The first-order chi connectivity index (χ1) is 16.1. The molecule has 1 saturated heterocycles. The van der Waals surface area contributed by atoms with Crippen molar-refractivity contribution in [2.45, 2.75) is 13.3 Å². The molecular weight excluding hydrogens is 454 g/mol. The Hall–Kier alpha value is -2.51. The lowest BCUT2D eigenvalue weighted by Gasteiger charge is -2.28. The average Bonchev–Trinajstić information content (AvgIpc) is 3.31. The van der Waals surface area contributed by atoms with Crippen molar-refractivity contribution in [3.8, 4) is 0 Å². The Kier molecular flexibility index (Phi) is 6.60. The zero-order valence-electron chi connectivity index (χ0n) is 18.6. The number of thiazole rings is 1. The Morgan fingerprint density at radius 2 is 1.91 bits per heavy atom. The number of rotatable bonds is 6. The SMILES string of the molecule is Cc1ccc(Cl)c2sc(N(CCCN3CCOCC3)C(=O)c3cccc4ccccc34)nc12. The number of morpholine rings is 1. The van der Waals surface area contributed by atoms with E-state index in [2.05, 4.69) is 4.90 Å². The summed E-state index contributed by atoms with van der Waals surface area (Å²) in [5, 5.41) is 3.38. The highest BCUT2D eigenvalue weighted by Crippen LogP contribution is 2.36. The van der Waals surface area contributed by atoms with Gasteiger partial charge in [-0.25, -0.2) is 4.98 Å². The molecule has 33 heavy (non-hydrogen) atoms. The number of halogens is 1. The second kappa shape index (κ2) is 9.77. The van der Waals surface area contributed by atoms with E-state index in [1.54, 1.807) is 0 Å². The van der Waals surface area contributed by atoms with Gasteiger partial charge in [-0.1, -0.05) is 65.4 Å². The minimum Gasteiger partial charge on any atom is -0.379 e. The number of anilines is 1. The third-order valence-corrected chi connectivity index (χ3v) is 7.68. The van der Waals surface area contributed by atoms with Crippen LogP contribution in [0.1, 0.15) is 22.3 Å². The van der Waals surface area contributed by atoms with Gasteiger partial charge in [-0.3, -0.25) is 14.6 Å². The number of fused-ring (bicyclic) bond motifs is 2. The van der Waals surface area contributed by atoms with Gasteiger partial charge in [-0.15, -0.1) is 0 Å². The van der Waals surface area contributed by atoms with Crippen molar-refractivity contribution in [3.63, 3.8) is 0 Å². The predicted molar refractivity (Wildman–Crippen MR) is 137 cm³/mol. The maximum atomic E-state index is 13.9. The standard InChI is InChI=1S/C26H26ClN3O2S/c1-18-10-11-22(27)24-23(18)28-26(33-24)30(13-5-12-29-14-16-32-17-15-29)25(31)21-9-4-7-19-6-2-3-8-20(19)21/h2-4,6-11H,5,12-17H2,1H3. The van der Waals surface area contributed by atoms with Gasteiger partial charge in [0.15, 0.2) is 5.13 Å². The zero-order valence-corrected chi connectivity index (χ0v) is 20.2. The second-order valence-corrected chi connectivity index (χ2v) is 9.71. The molecule has 3 aromatic carbocycles. The molecule has 170 valence electrons. The minimum absolute atomic E-state index is 0.0263. The highest BCUT2D eigenvalue weighted by atomic mass is 35.5. The Morgan fingerprint density at radius 1 is 1.12 bits per heavy atom. The van der Waals surface area contributed by atoms with E-state index in [1.165, 1.54) is 11.3 Å². The van der Waals surface area contributed by atoms with Gasteiger partial charge in [0.25, 0.3) is 5.91 Å². The molecule has 0 saturated carbocycles. The Morgan fingerprint density at radius 3 is 2.73 bits per heavy atom. The third kappa shape index (κ3) is 4.62. The molecule has 1 amide bonds. The predicted octanol–water partition coefficient (Wildman–Crippen LogP) is 5.78. The summed E-state index contributed by atoms with van der Waals surface area (Å²) in [6, 6.07) is 17.8. The van der Waals surface area contributed by atoms with E-state index in [9.17, 15) is 4.79 Å². The van der Waals surface area contributed by atoms with E-state index in [1.807, 2.05) is 66.4 Å². The van der Waals surface area contributed by atoms with Crippen LogP contribution in [0.25, 0.3) is 21.0 Å². The van der Waals surface area contributed by atoms with Crippen molar-refractivity contribution < 1.29 is 9.53 Å². The number of carbonyl (C=O) groups excluding carboxylic acids is 1. The van der Waals surface area contributed by atoms with E-state index in [4.69, 9.17) is 21.3 Å². The van der Waals surface area contributed by atoms with Crippen LogP contribution < -0.4 is 4.90 Å². The molecule has 1 fully saturated rings. The van der Waals surface area contributed by atoms with Crippen molar-refractivity contribution in [3.05, 3.63) is 70.7 Å². The fourth-order valence-electron chi connectivity index (χ4n) is 4.32. The smallest absolute Gasteiger partial charge is 0.260 e. The molecule has 5 rings (SSSR count). The number of ether oxygens (including phenoxy) is 1. The molecule has 0 spiro atoms. The number of nitrogens with zero attached hydrogens (tertiary/aromatic N) is 3. The number of hydrogen-bond acceptors (Lipinski definition) is 5. The van der Waals surface area contributed by atoms with Gasteiger partial charge in [0, 0.05) is 31.7 Å². The summed E-state index contributed by atoms with van der Waals surface area (Å²) in [4.78, 5) is 23.0. The quantitative estimate of drug-likeness (QED) is 0.351. The molecule has 1 aromatic heterocycles. The zero-order chi connectivity index (χ0) is 22.8. The molecule has 1 aliphatic rings. The van der Waals surface area contributed by atoms with E-state index < -0.39 is 0 Å². The first kappa shape index (κ1) is 22.3. The van der Waals surface area contributed by atoms with Crippen LogP contribution in [0.2, 0.25) is 5.02 Å². The van der Waals surface area contributed by atoms with Crippen molar-refractivity contribution in [2.75, 3.05) is 44.3 Å². The summed E-state index contributed by atoms with van der Waals surface area (Å²) in [6.07, 6.45) is 0.860. The van der Waals surface area contributed by atoms with Crippen molar-refractivity contribution in [1.82, 2.24) is 9.88 Å². The fourth-order valence-corrected chi connectivity index (χ4v) is 5.67. The summed E-state index contributed by atoms with van der Waals surface area (Å²) >= 11 is 7.97. The molecule has 0 bridgehead atoms. The Bertz CT molecular complexity index is 1260. The monoisotopic (exact) mass is 479 g/mol. The number of carbonyl (C=O) groups is 1. The third-order valence-electron chi connectivity index (χ3n) is 6.14. The van der Waals surface area contributed by atoms with Crippen molar-refractivity contribution in [1.29, 1.82) is 0 Å². The summed E-state index contributed by atoms with van der Waals surface area (Å²) in [5.74, 6) is -0.0263. The number of hydrogen-bond donors (Lipinski definition) is 0. The highest BCUT2D eigenvalue weighted by molar-refractivity contribution is 7.23. The molecule has 7 heteroatoms. The molecule has 0 radical (unpaired) electrons. The summed E-state index contributed by atoms with van der Waals surface area (Å²) in [6.45, 7) is 6.96. The molecule has 0 unspecified atom stereocenters. The molecule has 0 N–H and O–H groups in total. The summed E-state index contributed by atoms with van der Waals surface area (Å²) in [5.41, 5.74) is 2.62. The summed E-state index contributed by atoms with van der Waals surface area (Å²) < 4.78 is 6.39. The van der Waals surface area contributed by atoms with Crippen LogP contribution in [-0.4, -0.2) is 55.2 Å². The summed E-state index contributed by atoms with van der Waals surface area (Å²) in [7, 11) is 0. The van der Waals surface area contributed by atoms with Crippen molar-refractivity contribution in [2.24, 2.45) is 0 Å². The lowest BCUT2D eigenvalue weighted by atomic mass is 10.0. The van der Waals surface area contributed by atoms with E-state index in [0.29, 0.717) is 22.3 Å². The lowest BCUT2D eigenvalue weighted by Crippen LogP contribution is -2.39. The number of amides is 1. The van der Waals surface area contributed by atoms with E-state index >= 15 is 0 Å². The average molecular weight is 480 g/mol. The van der Waals surface area contributed by atoms with Crippen LogP contribution in [-0.2, 0) is 4.74 Å². The first-order valence-electron chi connectivity index (χ1n) is 11.3. The topological polar surface area (TPSA) is 45.7 Å². The van der Waals surface area contributed by atoms with Crippen LogP contribution >= 0.6 is 22.9 Å². The fraction of sp³-hybridized carbons (Fsp3) is 0.308. The van der Waals surface area contributed by atoms with Gasteiger partial charge in [0.2, 0.25) is 0 Å². The van der Waals surface area contributed by atoms with Gasteiger partial charge in [0.1, 0.15) is 0 Å². The maximum absolute atomic E-state index is 13.9. The number of aryl methyl sites for hydroxylation is 1. The molecule has 1 aliphatic heterocycles. The largest absolute Gasteiger partial charge is 0.379 e. The number of aromatic nitrogens is 1. The van der Waals surface area contributed by atoms with E-state index in [-0.39, 0.29) is 5.91 Å². The van der Waals surface area contributed by atoms with Gasteiger partial charge in [0.05, 0.1) is 28.5 Å². The Balaban J connectivity index is 1.50. The second-order valence-electron chi connectivity index (χ2n) is 8.33. The molecule has 0 atom stereocenters. The number of benzene rings is 3. The van der Waals surface area contributed by atoms with Crippen LogP contribution in [0.4, 0.5) is 5.13 Å². The molecular formula is C26H26ClN3O2S. The molecule has 0 aliphatic carbocycles. The van der Waals surface area contributed by atoms with Crippen LogP contribution in [0.5, 0.6) is 0 Å². The van der Waals surface area contributed by atoms with Crippen LogP contribution in [0, 0.1) is 6.92 Å². The first-order valence-corrected chi connectivity index (χ1v) is 12.5. The minimum atomic E-state index is -0.0263.